The Morgan fingerprint density at radius 3 is 2.20 bits per heavy atom. The second kappa shape index (κ2) is 7.24. The SMILES string of the molecule is CCCN(CC)CC(C)(C)CNC(C)C. The van der Waals surface area contributed by atoms with Gasteiger partial charge in [-0.15, -0.1) is 0 Å². The lowest BCUT2D eigenvalue weighted by atomic mass is 9.92. The number of nitrogens with one attached hydrogen (secondary N) is 1. The summed E-state index contributed by atoms with van der Waals surface area (Å²) in [5.41, 5.74) is 0.370. The van der Waals surface area contributed by atoms with Crippen molar-refractivity contribution in [2.75, 3.05) is 26.2 Å². The van der Waals surface area contributed by atoms with Gasteiger partial charge in [-0.1, -0.05) is 41.5 Å². The molecule has 0 heterocycles. The highest BCUT2D eigenvalue weighted by atomic mass is 15.1. The van der Waals surface area contributed by atoms with Crippen molar-refractivity contribution < 1.29 is 0 Å². The summed E-state index contributed by atoms with van der Waals surface area (Å²) in [6, 6.07) is 0.588. The minimum Gasteiger partial charge on any atom is -0.314 e. The Morgan fingerprint density at radius 2 is 1.80 bits per heavy atom. The van der Waals surface area contributed by atoms with Gasteiger partial charge in [-0.2, -0.15) is 0 Å². The summed E-state index contributed by atoms with van der Waals surface area (Å²) in [6.45, 7) is 18.3. The molecule has 0 amide bonds. The zero-order chi connectivity index (χ0) is 11.9. The Bertz CT molecular complexity index is 153. The minimum absolute atomic E-state index is 0.370. The number of nitrogens with zero attached hydrogens (tertiary/aromatic N) is 1. The lowest BCUT2D eigenvalue weighted by molar-refractivity contribution is 0.178. The number of hydrogen-bond donors (Lipinski definition) is 1. The third kappa shape index (κ3) is 7.80. The maximum Gasteiger partial charge on any atom is 0.00447 e. The van der Waals surface area contributed by atoms with Crippen LogP contribution in [0, 0.1) is 5.41 Å². The summed E-state index contributed by atoms with van der Waals surface area (Å²) >= 11 is 0. The van der Waals surface area contributed by atoms with Crippen LogP contribution in [0.1, 0.15) is 48.0 Å². The molecule has 0 spiro atoms. The first-order chi connectivity index (χ1) is 6.91. The van der Waals surface area contributed by atoms with Crippen LogP contribution in [0.5, 0.6) is 0 Å². The summed E-state index contributed by atoms with van der Waals surface area (Å²) < 4.78 is 0. The second-order valence-corrected chi connectivity index (χ2v) is 5.57. The molecule has 0 rings (SSSR count). The molecule has 0 saturated heterocycles. The van der Waals surface area contributed by atoms with E-state index in [4.69, 9.17) is 0 Å². The highest BCUT2D eigenvalue weighted by Crippen LogP contribution is 2.16. The largest absolute Gasteiger partial charge is 0.314 e. The zero-order valence-corrected chi connectivity index (χ0v) is 11.6. The molecule has 0 aromatic carbocycles. The first kappa shape index (κ1) is 14.9. The molecular weight excluding hydrogens is 184 g/mol. The topological polar surface area (TPSA) is 15.3 Å². The third-order valence-corrected chi connectivity index (χ3v) is 2.63. The van der Waals surface area contributed by atoms with Gasteiger partial charge >= 0.3 is 0 Å². The van der Waals surface area contributed by atoms with Crippen LogP contribution in [0.2, 0.25) is 0 Å². The highest BCUT2D eigenvalue weighted by molar-refractivity contribution is 4.76. The number of rotatable bonds is 8. The average Bonchev–Trinajstić information content (AvgIpc) is 2.14. The summed E-state index contributed by atoms with van der Waals surface area (Å²) in [4.78, 5) is 2.54. The van der Waals surface area contributed by atoms with Crippen molar-refractivity contribution >= 4 is 0 Å². The lowest BCUT2D eigenvalue weighted by Crippen LogP contribution is -2.42. The molecular formula is C13H30N2. The molecule has 0 bridgehead atoms. The molecule has 0 aromatic heterocycles. The van der Waals surface area contributed by atoms with Gasteiger partial charge in [0.2, 0.25) is 0 Å². The van der Waals surface area contributed by atoms with Gasteiger partial charge < -0.3 is 10.2 Å². The molecule has 0 fully saturated rings. The molecule has 0 atom stereocenters. The van der Waals surface area contributed by atoms with Crippen molar-refractivity contribution in [3.63, 3.8) is 0 Å². The van der Waals surface area contributed by atoms with E-state index in [1.54, 1.807) is 0 Å². The molecule has 0 saturated carbocycles. The molecule has 0 aliphatic rings. The molecule has 2 heteroatoms. The predicted octanol–water partition coefficient (Wildman–Crippen LogP) is 2.74. The van der Waals surface area contributed by atoms with Crippen LogP contribution in [-0.2, 0) is 0 Å². The Balaban J connectivity index is 3.97. The fourth-order valence-corrected chi connectivity index (χ4v) is 1.81. The quantitative estimate of drug-likeness (QED) is 0.668. The summed E-state index contributed by atoms with van der Waals surface area (Å²) in [7, 11) is 0. The van der Waals surface area contributed by atoms with Crippen LogP contribution in [0.25, 0.3) is 0 Å². The van der Waals surface area contributed by atoms with Gasteiger partial charge in [0.15, 0.2) is 0 Å². The van der Waals surface area contributed by atoms with E-state index in [0.717, 1.165) is 6.54 Å². The van der Waals surface area contributed by atoms with Crippen LogP contribution in [-0.4, -0.2) is 37.1 Å². The monoisotopic (exact) mass is 214 g/mol. The van der Waals surface area contributed by atoms with Gasteiger partial charge in [-0.05, 0) is 24.9 Å². The van der Waals surface area contributed by atoms with E-state index < -0.39 is 0 Å². The smallest absolute Gasteiger partial charge is 0.00447 e. The summed E-state index contributed by atoms with van der Waals surface area (Å²) in [6.07, 6.45) is 1.25. The molecule has 0 aromatic rings. The third-order valence-electron chi connectivity index (χ3n) is 2.63. The van der Waals surface area contributed by atoms with E-state index in [1.807, 2.05) is 0 Å². The van der Waals surface area contributed by atoms with Gasteiger partial charge in [0.05, 0.1) is 0 Å². The maximum atomic E-state index is 3.53. The van der Waals surface area contributed by atoms with E-state index in [1.165, 1.54) is 26.1 Å². The van der Waals surface area contributed by atoms with Crippen molar-refractivity contribution in [3.05, 3.63) is 0 Å². The molecule has 0 aliphatic carbocycles. The van der Waals surface area contributed by atoms with Crippen molar-refractivity contribution in [1.82, 2.24) is 10.2 Å². The second-order valence-electron chi connectivity index (χ2n) is 5.57. The highest BCUT2D eigenvalue weighted by Gasteiger charge is 2.20. The first-order valence-electron chi connectivity index (χ1n) is 6.37. The normalized spacial score (nSPS) is 12.8. The van der Waals surface area contributed by atoms with Gasteiger partial charge in [0.25, 0.3) is 0 Å². The van der Waals surface area contributed by atoms with Gasteiger partial charge in [0.1, 0.15) is 0 Å². The van der Waals surface area contributed by atoms with Gasteiger partial charge in [-0.25, -0.2) is 0 Å². The van der Waals surface area contributed by atoms with E-state index in [0.29, 0.717) is 11.5 Å². The fourth-order valence-electron chi connectivity index (χ4n) is 1.81. The van der Waals surface area contributed by atoms with Crippen molar-refractivity contribution in [2.24, 2.45) is 5.41 Å². The van der Waals surface area contributed by atoms with Crippen molar-refractivity contribution in [2.45, 2.75) is 54.0 Å². The lowest BCUT2D eigenvalue weighted by Gasteiger charge is -2.32. The molecule has 92 valence electrons. The minimum atomic E-state index is 0.370. The first-order valence-corrected chi connectivity index (χ1v) is 6.37. The molecule has 0 radical (unpaired) electrons. The zero-order valence-electron chi connectivity index (χ0n) is 11.6. The van der Waals surface area contributed by atoms with Crippen LogP contribution in [0.4, 0.5) is 0 Å². The Morgan fingerprint density at radius 1 is 1.20 bits per heavy atom. The van der Waals surface area contributed by atoms with Crippen LogP contribution >= 0.6 is 0 Å². The molecule has 2 nitrogen and oxygen atoms in total. The van der Waals surface area contributed by atoms with E-state index >= 15 is 0 Å². The molecule has 0 aliphatic heterocycles. The predicted molar refractivity (Wildman–Crippen MR) is 69.3 cm³/mol. The number of hydrogen-bond acceptors (Lipinski definition) is 2. The van der Waals surface area contributed by atoms with Gasteiger partial charge in [-0.3, -0.25) is 0 Å². The maximum absolute atomic E-state index is 3.53. The van der Waals surface area contributed by atoms with Crippen LogP contribution < -0.4 is 5.32 Å². The van der Waals surface area contributed by atoms with E-state index in [-0.39, 0.29) is 0 Å². The Hall–Kier alpha value is -0.0800. The van der Waals surface area contributed by atoms with Crippen LogP contribution in [0.3, 0.4) is 0 Å². The summed E-state index contributed by atoms with van der Waals surface area (Å²) in [5, 5.41) is 3.53. The standard InChI is InChI=1S/C13H30N2/c1-7-9-15(8-2)11-13(5,6)10-14-12(3)4/h12,14H,7-11H2,1-6H3. The Labute approximate surface area is 96.4 Å². The fraction of sp³-hybridized carbons (Fsp3) is 1.00. The van der Waals surface area contributed by atoms with E-state index in [2.05, 4.69) is 51.8 Å². The van der Waals surface area contributed by atoms with Gasteiger partial charge in [0, 0.05) is 19.1 Å². The average molecular weight is 214 g/mol. The molecule has 0 unspecified atom stereocenters. The Kier molecular flexibility index (Phi) is 7.20. The van der Waals surface area contributed by atoms with Crippen molar-refractivity contribution in [3.8, 4) is 0 Å². The molecule has 1 N–H and O–H groups in total. The summed E-state index contributed by atoms with van der Waals surface area (Å²) in [5.74, 6) is 0. The van der Waals surface area contributed by atoms with Crippen LogP contribution in [0.15, 0.2) is 0 Å². The molecule has 15 heavy (non-hydrogen) atoms. The van der Waals surface area contributed by atoms with E-state index in [9.17, 15) is 0 Å². The van der Waals surface area contributed by atoms with Crippen molar-refractivity contribution in [1.29, 1.82) is 0 Å².